The number of sulfonamides is 2. The third-order valence-corrected chi connectivity index (χ3v) is 16.6. The van der Waals surface area contributed by atoms with Gasteiger partial charge in [0.25, 0.3) is 31.9 Å². The molecular weight excluding hydrogens is 1050 g/mol. The number of aromatic nitrogens is 4. The van der Waals surface area contributed by atoms with Crippen molar-refractivity contribution in [2.24, 2.45) is 0 Å². The number of fused-ring (bicyclic) bond motifs is 1. The molecule has 4 amide bonds. The molecule has 5 N–H and O–H groups in total. The van der Waals surface area contributed by atoms with Crippen molar-refractivity contribution < 1.29 is 36.0 Å². The lowest BCUT2D eigenvalue weighted by Crippen LogP contribution is -2.30. The standard InChI is InChI=1S/C56H78Cl2N8O8S2/c1-6-8-10-12-14-16-18-20-22-24-26-28-51(67)64-75(71,72)43-30-32-45(57)47(37-43)59-54(69)41-34-40(53-61-50-39-49(56(3,4)5)62-66(50)63-53)35-42(36-41)55(70)60-48-38-44(31-33-46(48)58)76(73,74)65-52(68)29-27-25-23-21-19-17-15-13-11-9-7-2/h30-39,62H,6-29H2,1-5H3,(H,59,69)(H,60,70)(H,64,67)(H,65,68). The molecule has 3 aromatic carbocycles. The van der Waals surface area contributed by atoms with Crippen molar-refractivity contribution in [2.75, 3.05) is 10.6 Å². The van der Waals surface area contributed by atoms with Crippen molar-refractivity contribution in [1.29, 1.82) is 0 Å². The number of carbonyl (C=O) groups excluding carboxylic acids is 4. The molecule has 2 aromatic heterocycles. The van der Waals surface area contributed by atoms with Crippen LogP contribution in [0.5, 0.6) is 0 Å². The zero-order valence-electron chi connectivity index (χ0n) is 44.9. The van der Waals surface area contributed by atoms with Gasteiger partial charge >= 0.3 is 0 Å². The average molecular weight is 1130 g/mol. The quantitative estimate of drug-likeness (QED) is 0.0249. The van der Waals surface area contributed by atoms with E-state index in [0.29, 0.717) is 18.5 Å². The number of amides is 4. The maximum Gasteiger partial charge on any atom is 0.264 e. The van der Waals surface area contributed by atoms with Crippen LogP contribution in [0.15, 0.2) is 70.5 Å². The SMILES string of the molecule is CCCCCCCCCCCCCC(=O)NS(=O)(=O)c1ccc(Cl)c(NC(=O)c2cc(C(=O)Nc3cc(S(=O)(=O)NC(=O)CCCCCCCCCCCCC)ccc3Cl)cc(-c3nc4cc(C(C)(C)C)[nH]n4n3)c2)c1. The van der Waals surface area contributed by atoms with Gasteiger partial charge in [-0.2, -0.15) is 4.63 Å². The van der Waals surface area contributed by atoms with Crippen LogP contribution in [-0.2, 0) is 35.1 Å². The number of hydrogen-bond donors (Lipinski definition) is 5. The van der Waals surface area contributed by atoms with Crippen molar-refractivity contribution in [2.45, 2.75) is 204 Å². The Hall–Kier alpha value is -5.30. The fourth-order valence-electron chi connectivity index (χ4n) is 8.64. The average Bonchev–Trinajstić information content (AvgIpc) is 3.97. The van der Waals surface area contributed by atoms with E-state index in [0.717, 1.165) is 69.2 Å². The first-order chi connectivity index (χ1) is 36.2. The first-order valence-corrected chi connectivity index (χ1v) is 30.9. The van der Waals surface area contributed by atoms with Crippen LogP contribution < -0.4 is 20.1 Å². The molecule has 0 spiro atoms. The van der Waals surface area contributed by atoms with E-state index in [9.17, 15) is 36.0 Å². The fourth-order valence-corrected chi connectivity index (χ4v) is 11.1. The Balaban J connectivity index is 1.27. The highest BCUT2D eigenvalue weighted by Crippen LogP contribution is 2.30. The second kappa shape index (κ2) is 30.0. The van der Waals surface area contributed by atoms with Crippen molar-refractivity contribution in [1.82, 2.24) is 29.3 Å². The highest BCUT2D eigenvalue weighted by Gasteiger charge is 2.25. The van der Waals surface area contributed by atoms with Crippen LogP contribution in [0.25, 0.3) is 17.0 Å². The number of hydrogen-bond acceptors (Lipinski definition) is 10. The highest BCUT2D eigenvalue weighted by molar-refractivity contribution is 7.90. The summed E-state index contributed by atoms with van der Waals surface area (Å²) < 4.78 is 59.3. The molecule has 5 rings (SSSR count). The van der Waals surface area contributed by atoms with Gasteiger partial charge < -0.3 is 10.6 Å². The molecule has 0 aliphatic carbocycles. The van der Waals surface area contributed by atoms with Crippen LogP contribution in [0.4, 0.5) is 11.4 Å². The predicted molar refractivity (Wildman–Crippen MR) is 303 cm³/mol. The number of halogens is 2. The molecular formula is C56H78Cl2N8O8S2. The van der Waals surface area contributed by atoms with Crippen molar-refractivity contribution >= 4 is 83.9 Å². The summed E-state index contributed by atoms with van der Waals surface area (Å²) in [6.45, 7) is 10.5. The summed E-state index contributed by atoms with van der Waals surface area (Å²) in [5, 5.41) is 13.0. The molecule has 2 heterocycles. The third kappa shape index (κ3) is 19.6. The van der Waals surface area contributed by atoms with Gasteiger partial charge in [0.2, 0.25) is 11.8 Å². The van der Waals surface area contributed by atoms with Gasteiger partial charge in [-0.1, -0.05) is 186 Å². The normalized spacial score (nSPS) is 12.0. The number of nitrogens with zero attached hydrogens (tertiary/aromatic N) is 3. The zero-order valence-corrected chi connectivity index (χ0v) is 48.1. The number of aromatic amines is 1. The van der Waals surface area contributed by atoms with E-state index in [1.807, 2.05) is 26.8 Å². The first kappa shape index (κ1) is 61.6. The minimum atomic E-state index is -4.36. The fraction of sp³-hybridized carbons (Fsp3) is 0.536. The highest BCUT2D eigenvalue weighted by atomic mass is 35.5. The maximum absolute atomic E-state index is 14.2. The van der Waals surface area contributed by atoms with Crippen LogP contribution in [-0.4, -0.2) is 60.3 Å². The lowest BCUT2D eigenvalue weighted by molar-refractivity contribution is -0.120. The Kier molecular flexibility index (Phi) is 24.3. The largest absolute Gasteiger partial charge is 0.321 e. The van der Waals surface area contributed by atoms with Crippen LogP contribution >= 0.6 is 23.2 Å². The molecule has 76 heavy (non-hydrogen) atoms. The molecule has 416 valence electrons. The van der Waals surface area contributed by atoms with E-state index in [1.165, 1.54) is 124 Å². The van der Waals surface area contributed by atoms with Gasteiger partial charge in [0, 0.05) is 46.7 Å². The van der Waals surface area contributed by atoms with Crippen LogP contribution in [0.2, 0.25) is 10.0 Å². The third-order valence-electron chi connectivity index (χ3n) is 13.2. The molecule has 0 unspecified atom stereocenters. The van der Waals surface area contributed by atoms with Gasteiger partial charge in [-0.3, -0.25) is 24.3 Å². The molecule has 0 bridgehead atoms. The molecule has 16 nitrogen and oxygen atoms in total. The molecule has 0 aliphatic heterocycles. The summed E-state index contributed by atoms with van der Waals surface area (Å²) in [5.41, 5.74) is 0.929. The Labute approximate surface area is 460 Å². The van der Waals surface area contributed by atoms with Crippen LogP contribution in [0, 0.1) is 0 Å². The monoisotopic (exact) mass is 1120 g/mol. The Morgan fingerprint density at radius 1 is 0.539 bits per heavy atom. The van der Waals surface area contributed by atoms with Gasteiger partial charge in [0.15, 0.2) is 11.5 Å². The molecule has 0 radical (unpaired) electrons. The molecule has 0 fully saturated rings. The summed E-state index contributed by atoms with van der Waals surface area (Å²) in [4.78, 5) is 57.9. The maximum atomic E-state index is 14.2. The van der Waals surface area contributed by atoms with E-state index in [1.54, 1.807) is 0 Å². The van der Waals surface area contributed by atoms with Gasteiger partial charge in [0.1, 0.15) is 0 Å². The van der Waals surface area contributed by atoms with Gasteiger partial charge in [0.05, 0.1) is 31.2 Å². The smallest absolute Gasteiger partial charge is 0.264 e. The minimum Gasteiger partial charge on any atom is -0.321 e. The van der Waals surface area contributed by atoms with E-state index < -0.39 is 43.7 Å². The molecule has 20 heteroatoms. The van der Waals surface area contributed by atoms with Crippen molar-refractivity contribution in [3.63, 3.8) is 0 Å². The zero-order chi connectivity index (χ0) is 55.3. The molecule has 0 saturated heterocycles. The topological polar surface area (TPSA) is 231 Å². The van der Waals surface area contributed by atoms with Crippen molar-refractivity contribution in [3.8, 4) is 11.4 Å². The predicted octanol–water partition coefficient (Wildman–Crippen LogP) is 13.8. The molecule has 0 aliphatic rings. The van der Waals surface area contributed by atoms with E-state index >= 15 is 0 Å². The van der Waals surface area contributed by atoms with Gasteiger partial charge in [-0.15, -0.1) is 5.10 Å². The lowest BCUT2D eigenvalue weighted by Gasteiger charge is -2.15. The molecule has 5 aromatic rings. The van der Waals surface area contributed by atoms with E-state index in [2.05, 4.69) is 49.1 Å². The van der Waals surface area contributed by atoms with Gasteiger partial charge in [-0.25, -0.2) is 31.3 Å². The first-order valence-electron chi connectivity index (χ1n) is 27.2. The van der Waals surface area contributed by atoms with Crippen molar-refractivity contribution in [3.05, 3.63) is 87.5 Å². The summed E-state index contributed by atoms with van der Waals surface area (Å²) in [6.07, 6.45) is 24.1. The Bertz CT molecular complexity index is 2790. The number of anilines is 2. The number of carbonyl (C=O) groups is 4. The van der Waals surface area contributed by atoms with E-state index in [-0.39, 0.29) is 72.0 Å². The number of benzene rings is 3. The number of rotatable bonds is 33. The Morgan fingerprint density at radius 2 is 0.921 bits per heavy atom. The second-order valence-electron chi connectivity index (χ2n) is 20.7. The minimum absolute atomic E-state index is 0.0110. The second-order valence-corrected chi connectivity index (χ2v) is 24.9. The molecule has 0 saturated carbocycles. The van der Waals surface area contributed by atoms with Gasteiger partial charge in [-0.05, 0) is 67.4 Å². The summed E-state index contributed by atoms with van der Waals surface area (Å²) in [5.74, 6) is -2.76. The Morgan fingerprint density at radius 3 is 1.29 bits per heavy atom. The molecule has 0 atom stereocenters. The number of unbranched alkanes of at least 4 members (excludes halogenated alkanes) is 20. The summed E-state index contributed by atoms with van der Waals surface area (Å²) in [7, 11) is -8.72. The summed E-state index contributed by atoms with van der Waals surface area (Å²) in [6, 6.07) is 13.2. The summed E-state index contributed by atoms with van der Waals surface area (Å²) >= 11 is 13.0. The van der Waals surface area contributed by atoms with Crippen LogP contribution in [0.3, 0.4) is 0 Å². The number of nitrogens with one attached hydrogen (secondary N) is 5. The van der Waals surface area contributed by atoms with E-state index in [4.69, 9.17) is 23.2 Å². The lowest BCUT2D eigenvalue weighted by atomic mass is 9.93. The van der Waals surface area contributed by atoms with Crippen LogP contribution in [0.1, 0.15) is 215 Å². The number of H-pyrrole nitrogens is 1.